The molecule has 1 aliphatic heterocycles. The summed E-state index contributed by atoms with van der Waals surface area (Å²) in [6.07, 6.45) is 5.94. The van der Waals surface area contributed by atoms with Crippen molar-refractivity contribution in [2.75, 3.05) is 7.11 Å². The van der Waals surface area contributed by atoms with Gasteiger partial charge in [0.05, 0.1) is 24.3 Å². The quantitative estimate of drug-likeness (QED) is 0.595. The Labute approximate surface area is 144 Å². The van der Waals surface area contributed by atoms with Crippen LogP contribution in [0.5, 0.6) is 0 Å². The maximum Gasteiger partial charge on any atom is 0.0906 e. The number of carboxylic acid groups (broad SMARTS) is 1. The van der Waals surface area contributed by atoms with E-state index < -0.39 is 18.0 Å². The van der Waals surface area contributed by atoms with Crippen LogP contribution in [0.1, 0.15) is 51.9 Å². The number of rotatable bonds is 4. The minimum absolute atomic E-state index is 0.203. The van der Waals surface area contributed by atoms with Crippen LogP contribution < -0.4 is 15.7 Å². The number of fused-ring (bicyclic) bond motifs is 1. The molecule has 0 bridgehead atoms. The average Bonchev–Trinajstić information content (AvgIpc) is 2.54. The summed E-state index contributed by atoms with van der Waals surface area (Å²) >= 11 is 0. The number of carbonyl (C=O) groups excluding carboxylic acids is 1. The van der Waals surface area contributed by atoms with E-state index in [2.05, 4.69) is 17.6 Å². The number of aliphatic carboxylic acids is 1. The van der Waals surface area contributed by atoms with Gasteiger partial charge in [-0.25, -0.2) is 0 Å². The number of nitrogens with two attached hydrogens (primary N) is 1. The molecule has 0 amide bonds. The maximum absolute atomic E-state index is 11.1. The molecule has 3 rings (SSSR count). The second kappa shape index (κ2) is 7.68. The first-order chi connectivity index (χ1) is 11.5. The minimum atomic E-state index is -1.11. The van der Waals surface area contributed by atoms with Crippen LogP contribution in [0, 0.1) is 11.8 Å². The largest absolute Gasteiger partial charge is 0.550 e. The van der Waals surface area contributed by atoms with Crippen LogP contribution in [0.15, 0.2) is 0 Å². The van der Waals surface area contributed by atoms with Crippen LogP contribution in [0.25, 0.3) is 0 Å². The number of nitrogens with one attached hydrogen (secondary N) is 1. The summed E-state index contributed by atoms with van der Waals surface area (Å²) < 4.78 is 5.61. The van der Waals surface area contributed by atoms with Crippen molar-refractivity contribution in [2.45, 2.75) is 88.2 Å². The second-order valence-electron chi connectivity index (χ2n) is 8.18. The first kappa shape index (κ1) is 18.1. The average molecular weight is 340 g/mol. The van der Waals surface area contributed by atoms with E-state index in [0.717, 1.165) is 25.7 Å². The molecular weight excluding hydrogens is 308 g/mol. The normalized spacial score (nSPS) is 46.3. The van der Waals surface area contributed by atoms with Crippen molar-refractivity contribution >= 4 is 5.97 Å². The SMILES string of the molecule is COC1CCC2[NH2+]C(C)CC(NC3CCC(C(=O)[O-])C(O)C3)C2C1. The summed E-state index contributed by atoms with van der Waals surface area (Å²) in [5, 5.41) is 27.5. The molecule has 24 heavy (non-hydrogen) atoms. The van der Waals surface area contributed by atoms with Gasteiger partial charge in [-0.1, -0.05) is 0 Å². The highest BCUT2D eigenvalue weighted by atomic mass is 16.5. The Bertz CT molecular complexity index is 447. The number of ether oxygens (including phenoxy) is 1. The van der Waals surface area contributed by atoms with Gasteiger partial charge in [-0.15, -0.1) is 0 Å². The molecule has 2 saturated carbocycles. The molecule has 3 fully saturated rings. The number of carboxylic acids is 1. The van der Waals surface area contributed by atoms with Crippen molar-refractivity contribution in [1.82, 2.24) is 5.32 Å². The summed E-state index contributed by atoms with van der Waals surface area (Å²) in [6, 6.07) is 1.90. The molecule has 6 heteroatoms. The molecule has 8 atom stereocenters. The molecule has 8 unspecified atom stereocenters. The number of aliphatic hydroxyl groups is 1. The van der Waals surface area contributed by atoms with Gasteiger partial charge < -0.3 is 30.4 Å². The van der Waals surface area contributed by atoms with Crippen molar-refractivity contribution in [3.8, 4) is 0 Å². The molecule has 2 aliphatic carbocycles. The summed E-state index contributed by atoms with van der Waals surface area (Å²) in [6.45, 7) is 2.29. The standard InChI is InChI=1S/C18H32N2O4/c1-10-7-16(14-9-12(24-2)4-6-15(14)19-10)20-11-3-5-13(18(22)23)17(21)8-11/h10-17,19-21H,3-9H2,1-2H3,(H,22,23). The number of piperidine rings is 1. The third-order valence-electron chi connectivity index (χ3n) is 6.53. The Morgan fingerprint density at radius 1 is 1.21 bits per heavy atom. The van der Waals surface area contributed by atoms with Crippen LogP contribution in [0.4, 0.5) is 0 Å². The lowest BCUT2D eigenvalue weighted by Crippen LogP contribution is -2.99. The molecule has 0 aromatic carbocycles. The van der Waals surface area contributed by atoms with Gasteiger partial charge in [0.15, 0.2) is 0 Å². The van der Waals surface area contributed by atoms with Crippen molar-refractivity contribution in [2.24, 2.45) is 11.8 Å². The predicted octanol–water partition coefficient (Wildman–Crippen LogP) is -1.24. The van der Waals surface area contributed by atoms with Crippen molar-refractivity contribution < 1.29 is 25.1 Å². The van der Waals surface area contributed by atoms with Crippen molar-refractivity contribution in [3.05, 3.63) is 0 Å². The fourth-order valence-corrected chi connectivity index (χ4v) is 5.25. The van der Waals surface area contributed by atoms with Gasteiger partial charge in [0, 0.05) is 49.8 Å². The molecule has 0 spiro atoms. The van der Waals surface area contributed by atoms with Crippen LogP contribution in [-0.4, -0.2) is 54.6 Å². The van der Waals surface area contributed by atoms with E-state index in [1.165, 1.54) is 6.42 Å². The number of carbonyl (C=O) groups is 1. The lowest BCUT2D eigenvalue weighted by molar-refractivity contribution is -0.737. The number of hydrogen-bond acceptors (Lipinski definition) is 5. The topological polar surface area (TPSA) is 98.2 Å². The third kappa shape index (κ3) is 3.93. The molecule has 138 valence electrons. The highest BCUT2D eigenvalue weighted by molar-refractivity contribution is 5.68. The molecule has 0 aromatic heterocycles. The highest BCUT2D eigenvalue weighted by Crippen LogP contribution is 2.33. The molecule has 3 aliphatic rings. The van der Waals surface area contributed by atoms with Crippen molar-refractivity contribution in [1.29, 1.82) is 0 Å². The Balaban J connectivity index is 1.61. The van der Waals surface area contributed by atoms with Gasteiger partial charge in [-0.2, -0.15) is 0 Å². The lowest BCUT2D eigenvalue weighted by atomic mass is 9.73. The van der Waals surface area contributed by atoms with Crippen LogP contribution >= 0.6 is 0 Å². The number of aliphatic hydroxyl groups excluding tert-OH is 1. The lowest BCUT2D eigenvalue weighted by Gasteiger charge is -2.46. The molecule has 0 radical (unpaired) electrons. The molecule has 0 aromatic rings. The van der Waals surface area contributed by atoms with Gasteiger partial charge in [-0.05, 0) is 39.0 Å². The predicted molar refractivity (Wildman–Crippen MR) is 87.0 cm³/mol. The monoisotopic (exact) mass is 340 g/mol. The third-order valence-corrected chi connectivity index (χ3v) is 6.53. The van der Waals surface area contributed by atoms with E-state index in [4.69, 9.17) is 4.74 Å². The molecule has 1 saturated heterocycles. The Morgan fingerprint density at radius 3 is 2.67 bits per heavy atom. The number of hydrogen-bond donors (Lipinski definition) is 3. The zero-order valence-electron chi connectivity index (χ0n) is 14.8. The summed E-state index contributed by atoms with van der Waals surface area (Å²) in [5.41, 5.74) is 0. The second-order valence-corrected chi connectivity index (χ2v) is 8.18. The van der Waals surface area contributed by atoms with E-state index in [9.17, 15) is 15.0 Å². The molecule has 1 heterocycles. The summed E-state index contributed by atoms with van der Waals surface area (Å²) in [7, 11) is 1.81. The fourth-order valence-electron chi connectivity index (χ4n) is 5.25. The zero-order valence-corrected chi connectivity index (χ0v) is 14.8. The maximum atomic E-state index is 11.1. The van der Waals surface area contributed by atoms with E-state index in [1.54, 1.807) is 7.11 Å². The number of methoxy groups -OCH3 is 1. The minimum Gasteiger partial charge on any atom is -0.550 e. The van der Waals surface area contributed by atoms with Gasteiger partial charge in [0.1, 0.15) is 0 Å². The van der Waals surface area contributed by atoms with E-state index in [0.29, 0.717) is 43.0 Å². The van der Waals surface area contributed by atoms with Crippen LogP contribution in [0.2, 0.25) is 0 Å². The summed E-state index contributed by atoms with van der Waals surface area (Å²) in [4.78, 5) is 11.1. The first-order valence-corrected chi connectivity index (χ1v) is 9.50. The fraction of sp³-hybridized carbons (Fsp3) is 0.944. The first-order valence-electron chi connectivity index (χ1n) is 9.50. The van der Waals surface area contributed by atoms with E-state index >= 15 is 0 Å². The van der Waals surface area contributed by atoms with E-state index in [1.807, 2.05) is 0 Å². The molecular formula is C18H32N2O4. The van der Waals surface area contributed by atoms with Gasteiger partial charge >= 0.3 is 0 Å². The van der Waals surface area contributed by atoms with Crippen molar-refractivity contribution in [3.63, 3.8) is 0 Å². The Kier molecular flexibility index (Phi) is 5.80. The smallest absolute Gasteiger partial charge is 0.0906 e. The summed E-state index contributed by atoms with van der Waals surface area (Å²) in [5.74, 6) is -1.23. The van der Waals surface area contributed by atoms with Gasteiger partial charge in [0.25, 0.3) is 0 Å². The Morgan fingerprint density at radius 2 is 2.00 bits per heavy atom. The van der Waals surface area contributed by atoms with Crippen LogP contribution in [0.3, 0.4) is 0 Å². The van der Waals surface area contributed by atoms with Crippen LogP contribution in [-0.2, 0) is 9.53 Å². The highest BCUT2D eigenvalue weighted by Gasteiger charge is 2.44. The molecule has 6 nitrogen and oxygen atoms in total. The number of quaternary nitrogens is 1. The van der Waals surface area contributed by atoms with E-state index in [-0.39, 0.29) is 6.04 Å². The molecule has 4 N–H and O–H groups in total. The Hall–Kier alpha value is -0.690. The van der Waals surface area contributed by atoms with Gasteiger partial charge in [0.2, 0.25) is 0 Å². The zero-order chi connectivity index (χ0) is 17.3. The van der Waals surface area contributed by atoms with Gasteiger partial charge in [-0.3, -0.25) is 0 Å².